The van der Waals surface area contributed by atoms with E-state index < -0.39 is 0 Å². The van der Waals surface area contributed by atoms with Gasteiger partial charge in [0.1, 0.15) is 5.82 Å². The molecule has 1 aliphatic rings. The Morgan fingerprint density at radius 1 is 1.56 bits per heavy atom. The summed E-state index contributed by atoms with van der Waals surface area (Å²) in [4.78, 5) is 9.01. The van der Waals surface area contributed by atoms with Crippen molar-refractivity contribution in [2.75, 3.05) is 37.8 Å². The Labute approximate surface area is 97.1 Å². The van der Waals surface area contributed by atoms with Crippen LogP contribution in [-0.4, -0.2) is 43.1 Å². The summed E-state index contributed by atoms with van der Waals surface area (Å²) < 4.78 is 0. The Balaban J connectivity index is 2.13. The second kappa shape index (κ2) is 4.70. The molecular formula is C12H20N4. The minimum absolute atomic E-state index is 0.573. The highest BCUT2D eigenvalue weighted by Gasteiger charge is 2.25. The van der Waals surface area contributed by atoms with E-state index in [1.54, 1.807) is 6.20 Å². The van der Waals surface area contributed by atoms with Crippen LogP contribution in [0.15, 0.2) is 18.3 Å². The maximum absolute atomic E-state index is 5.80. The molecule has 0 aromatic carbocycles. The first-order valence-corrected chi connectivity index (χ1v) is 5.80. The van der Waals surface area contributed by atoms with Crippen molar-refractivity contribution in [1.29, 1.82) is 0 Å². The highest BCUT2D eigenvalue weighted by Crippen LogP contribution is 2.25. The van der Waals surface area contributed by atoms with Crippen molar-refractivity contribution in [3.05, 3.63) is 18.3 Å². The van der Waals surface area contributed by atoms with Crippen LogP contribution < -0.4 is 10.6 Å². The van der Waals surface area contributed by atoms with Crippen molar-refractivity contribution in [3.63, 3.8) is 0 Å². The van der Waals surface area contributed by atoms with E-state index in [2.05, 4.69) is 28.9 Å². The fourth-order valence-electron chi connectivity index (χ4n) is 2.34. The molecule has 0 saturated carbocycles. The van der Waals surface area contributed by atoms with Gasteiger partial charge in [0.05, 0.1) is 0 Å². The predicted molar refractivity (Wildman–Crippen MR) is 67.6 cm³/mol. The highest BCUT2D eigenvalue weighted by atomic mass is 15.3. The maximum atomic E-state index is 5.80. The number of nitrogen functional groups attached to an aromatic ring is 1. The summed E-state index contributed by atoms with van der Waals surface area (Å²) in [5.41, 5.74) is 6.59. The number of hydrogen-bond acceptors (Lipinski definition) is 4. The summed E-state index contributed by atoms with van der Waals surface area (Å²) in [5, 5.41) is 0. The maximum Gasteiger partial charge on any atom is 0.130 e. The molecule has 2 N–H and O–H groups in total. The number of rotatable bonds is 3. The van der Waals surface area contributed by atoms with Crippen LogP contribution in [0, 0.1) is 0 Å². The quantitative estimate of drug-likeness (QED) is 0.831. The van der Waals surface area contributed by atoms with Crippen LogP contribution in [0.1, 0.15) is 12.8 Å². The van der Waals surface area contributed by atoms with Crippen LogP contribution >= 0.6 is 0 Å². The molecule has 4 heteroatoms. The SMILES string of the molecule is CN(C)CC1CCCN1c1cc(N)ccn1. The van der Waals surface area contributed by atoms with Gasteiger partial charge in [-0.2, -0.15) is 0 Å². The first-order valence-electron chi connectivity index (χ1n) is 5.80. The molecule has 1 unspecified atom stereocenters. The van der Waals surface area contributed by atoms with Gasteiger partial charge in [-0.3, -0.25) is 0 Å². The van der Waals surface area contributed by atoms with Crippen molar-refractivity contribution in [2.45, 2.75) is 18.9 Å². The smallest absolute Gasteiger partial charge is 0.130 e. The lowest BCUT2D eigenvalue weighted by atomic mass is 10.2. The third-order valence-electron chi connectivity index (χ3n) is 3.02. The van der Waals surface area contributed by atoms with Crippen molar-refractivity contribution in [2.24, 2.45) is 0 Å². The van der Waals surface area contributed by atoms with Gasteiger partial charge in [0.25, 0.3) is 0 Å². The van der Waals surface area contributed by atoms with Crippen molar-refractivity contribution >= 4 is 11.5 Å². The molecule has 16 heavy (non-hydrogen) atoms. The summed E-state index contributed by atoms with van der Waals surface area (Å²) in [6, 6.07) is 4.37. The Morgan fingerprint density at radius 3 is 3.06 bits per heavy atom. The van der Waals surface area contributed by atoms with E-state index in [1.165, 1.54) is 12.8 Å². The number of pyridine rings is 1. The van der Waals surface area contributed by atoms with E-state index in [1.807, 2.05) is 12.1 Å². The summed E-state index contributed by atoms with van der Waals surface area (Å²) >= 11 is 0. The molecule has 1 aromatic rings. The molecule has 1 fully saturated rings. The average Bonchev–Trinajstić information content (AvgIpc) is 2.65. The van der Waals surface area contributed by atoms with Gasteiger partial charge in [-0.05, 0) is 33.0 Å². The van der Waals surface area contributed by atoms with Crippen molar-refractivity contribution in [3.8, 4) is 0 Å². The largest absolute Gasteiger partial charge is 0.399 e. The zero-order valence-electron chi connectivity index (χ0n) is 10.1. The van der Waals surface area contributed by atoms with Gasteiger partial charge in [-0.1, -0.05) is 0 Å². The van der Waals surface area contributed by atoms with E-state index in [9.17, 15) is 0 Å². The number of anilines is 2. The van der Waals surface area contributed by atoms with E-state index in [4.69, 9.17) is 5.73 Å². The Kier molecular flexibility index (Phi) is 3.29. The fourth-order valence-corrected chi connectivity index (χ4v) is 2.34. The highest BCUT2D eigenvalue weighted by molar-refractivity contribution is 5.51. The van der Waals surface area contributed by atoms with Gasteiger partial charge in [0.15, 0.2) is 0 Å². The lowest BCUT2D eigenvalue weighted by Gasteiger charge is -2.28. The standard InChI is InChI=1S/C12H20N4/c1-15(2)9-11-4-3-7-16(11)12-8-10(13)5-6-14-12/h5-6,8,11H,3-4,7,9H2,1-2H3,(H2,13,14). The molecular weight excluding hydrogens is 200 g/mol. The van der Waals surface area contributed by atoms with E-state index in [0.29, 0.717) is 6.04 Å². The first-order chi connectivity index (χ1) is 7.66. The molecule has 1 saturated heterocycles. The van der Waals surface area contributed by atoms with Gasteiger partial charge in [0.2, 0.25) is 0 Å². The molecule has 0 bridgehead atoms. The number of aromatic nitrogens is 1. The third kappa shape index (κ3) is 2.44. The molecule has 0 aliphatic carbocycles. The molecule has 2 rings (SSSR count). The first kappa shape index (κ1) is 11.2. The molecule has 88 valence electrons. The molecule has 0 spiro atoms. The molecule has 1 atom stereocenters. The van der Waals surface area contributed by atoms with E-state index in [0.717, 1.165) is 24.6 Å². The molecule has 4 nitrogen and oxygen atoms in total. The molecule has 0 amide bonds. The summed E-state index contributed by atoms with van der Waals surface area (Å²) in [6.45, 7) is 2.17. The van der Waals surface area contributed by atoms with Crippen LogP contribution in [0.5, 0.6) is 0 Å². The second-order valence-electron chi connectivity index (χ2n) is 4.70. The topological polar surface area (TPSA) is 45.4 Å². The van der Waals surface area contributed by atoms with E-state index in [-0.39, 0.29) is 0 Å². The van der Waals surface area contributed by atoms with Gasteiger partial charge in [-0.25, -0.2) is 4.98 Å². The van der Waals surface area contributed by atoms with Crippen LogP contribution in [0.25, 0.3) is 0 Å². The second-order valence-corrected chi connectivity index (χ2v) is 4.70. The van der Waals surface area contributed by atoms with Crippen LogP contribution in [0.2, 0.25) is 0 Å². The van der Waals surface area contributed by atoms with Gasteiger partial charge >= 0.3 is 0 Å². The lowest BCUT2D eigenvalue weighted by Crippen LogP contribution is -2.37. The summed E-state index contributed by atoms with van der Waals surface area (Å²) in [6.07, 6.45) is 4.28. The van der Waals surface area contributed by atoms with Crippen molar-refractivity contribution in [1.82, 2.24) is 9.88 Å². The monoisotopic (exact) mass is 220 g/mol. The zero-order valence-corrected chi connectivity index (χ0v) is 10.1. The molecule has 2 heterocycles. The Hall–Kier alpha value is -1.29. The number of nitrogens with two attached hydrogens (primary N) is 1. The van der Waals surface area contributed by atoms with Gasteiger partial charge in [0, 0.05) is 37.1 Å². The predicted octanol–water partition coefficient (Wildman–Crippen LogP) is 1.19. The van der Waals surface area contributed by atoms with Crippen molar-refractivity contribution < 1.29 is 0 Å². The van der Waals surface area contributed by atoms with E-state index >= 15 is 0 Å². The average molecular weight is 220 g/mol. The van der Waals surface area contributed by atoms with Crippen LogP contribution in [0.3, 0.4) is 0 Å². The minimum atomic E-state index is 0.573. The minimum Gasteiger partial charge on any atom is -0.399 e. The van der Waals surface area contributed by atoms with Crippen LogP contribution in [0.4, 0.5) is 11.5 Å². The lowest BCUT2D eigenvalue weighted by molar-refractivity contribution is 0.371. The number of nitrogens with zero attached hydrogens (tertiary/aromatic N) is 3. The molecule has 1 aliphatic heterocycles. The normalized spacial score (nSPS) is 20.7. The zero-order chi connectivity index (χ0) is 11.5. The van der Waals surface area contributed by atoms with Gasteiger partial charge < -0.3 is 15.5 Å². The molecule has 0 radical (unpaired) electrons. The number of likely N-dealkylation sites (N-methyl/N-ethyl adjacent to an activating group) is 1. The van der Waals surface area contributed by atoms with Crippen LogP contribution in [-0.2, 0) is 0 Å². The third-order valence-corrected chi connectivity index (χ3v) is 3.02. The summed E-state index contributed by atoms with van der Waals surface area (Å²) in [7, 11) is 4.23. The van der Waals surface area contributed by atoms with Gasteiger partial charge in [-0.15, -0.1) is 0 Å². The molecule has 1 aromatic heterocycles. The number of hydrogen-bond donors (Lipinski definition) is 1. The summed E-state index contributed by atoms with van der Waals surface area (Å²) in [5.74, 6) is 1.02. The Morgan fingerprint density at radius 2 is 2.38 bits per heavy atom. The Bertz CT molecular complexity index is 351. The fraction of sp³-hybridized carbons (Fsp3) is 0.583.